The Morgan fingerprint density at radius 1 is 1.25 bits per heavy atom. The first kappa shape index (κ1) is 13.0. The molecule has 1 heterocycles. The second-order valence-corrected chi connectivity index (χ2v) is 5.66. The minimum absolute atomic E-state index is 0.229. The highest BCUT2D eigenvalue weighted by Crippen LogP contribution is 2.31. The van der Waals surface area contributed by atoms with Crippen molar-refractivity contribution in [3.63, 3.8) is 0 Å². The number of para-hydroxylation sites is 1. The SMILES string of the molecule is CC1Cc2ccccc2N(Cc2cc(F)ccc2N)C1. The number of rotatable bonds is 2. The van der Waals surface area contributed by atoms with Crippen molar-refractivity contribution in [3.8, 4) is 0 Å². The number of hydrogen-bond acceptors (Lipinski definition) is 2. The molecule has 2 N–H and O–H groups in total. The molecule has 3 heteroatoms. The summed E-state index contributed by atoms with van der Waals surface area (Å²) in [5.74, 6) is 0.368. The van der Waals surface area contributed by atoms with Crippen molar-refractivity contribution >= 4 is 11.4 Å². The van der Waals surface area contributed by atoms with Crippen LogP contribution in [0.15, 0.2) is 42.5 Å². The Morgan fingerprint density at radius 2 is 2.05 bits per heavy atom. The van der Waals surface area contributed by atoms with Gasteiger partial charge in [-0.05, 0) is 47.7 Å². The molecule has 3 rings (SSSR count). The van der Waals surface area contributed by atoms with Crippen LogP contribution >= 0.6 is 0 Å². The first-order chi connectivity index (χ1) is 9.63. The molecule has 0 amide bonds. The van der Waals surface area contributed by atoms with Gasteiger partial charge in [-0.2, -0.15) is 0 Å². The van der Waals surface area contributed by atoms with Gasteiger partial charge in [-0.15, -0.1) is 0 Å². The Labute approximate surface area is 119 Å². The average Bonchev–Trinajstić information content (AvgIpc) is 2.43. The molecule has 1 aliphatic rings. The molecule has 2 aromatic rings. The summed E-state index contributed by atoms with van der Waals surface area (Å²) in [6, 6.07) is 13.0. The van der Waals surface area contributed by atoms with Gasteiger partial charge in [0.2, 0.25) is 0 Å². The Balaban J connectivity index is 1.93. The van der Waals surface area contributed by atoms with Crippen molar-refractivity contribution in [1.29, 1.82) is 0 Å². The lowest BCUT2D eigenvalue weighted by Crippen LogP contribution is -2.34. The van der Waals surface area contributed by atoms with Crippen molar-refractivity contribution in [2.45, 2.75) is 19.9 Å². The Hall–Kier alpha value is -2.03. The quantitative estimate of drug-likeness (QED) is 0.845. The van der Waals surface area contributed by atoms with Crippen LogP contribution in [0.3, 0.4) is 0 Å². The zero-order valence-corrected chi connectivity index (χ0v) is 11.6. The summed E-state index contributed by atoms with van der Waals surface area (Å²) in [4.78, 5) is 2.30. The zero-order valence-electron chi connectivity index (χ0n) is 11.6. The maximum Gasteiger partial charge on any atom is 0.123 e. The lowest BCUT2D eigenvalue weighted by atomic mass is 9.93. The van der Waals surface area contributed by atoms with E-state index < -0.39 is 0 Å². The summed E-state index contributed by atoms with van der Waals surface area (Å²) in [6.45, 7) is 3.88. The molecule has 0 saturated heterocycles. The third-order valence-electron chi connectivity index (χ3n) is 3.90. The van der Waals surface area contributed by atoms with Gasteiger partial charge in [-0.25, -0.2) is 4.39 Å². The van der Waals surface area contributed by atoms with E-state index in [1.165, 1.54) is 23.4 Å². The van der Waals surface area contributed by atoms with Gasteiger partial charge in [0, 0.05) is 24.5 Å². The lowest BCUT2D eigenvalue weighted by molar-refractivity contribution is 0.530. The average molecular weight is 270 g/mol. The van der Waals surface area contributed by atoms with Crippen LogP contribution in [0.25, 0.3) is 0 Å². The van der Waals surface area contributed by atoms with Crippen molar-refractivity contribution in [1.82, 2.24) is 0 Å². The predicted molar refractivity (Wildman–Crippen MR) is 81.2 cm³/mol. The van der Waals surface area contributed by atoms with E-state index in [1.54, 1.807) is 6.07 Å². The topological polar surface area (TPSA) is 29.3 Å². The molecule has 0 fully saturated rings. The summed E-state index contributed by atoms with van der Waals surface area (Å²) >= 11 is 0. The fraction of sp³-hybridized carbons (Fsp3) is 0.294. The summed E-state index contributed by atoms with van der Waals surface area (Å²) in [7, 11) is 0. The van der Waals surface area contributed by atoms with Crippen molar-refractivity contribution < 1.29 is 4.39 Å². The number of nitrogens with zero attached hydrogens (tertiary/aromatic N) is 1. The molecule has 2 aromatic carbocycles. The molecular formula is C17H19FN2. The van der Waals surface area contributed by atoms with Crippen molar-refractivity contribution in [2.24, 2.45) is 5.92 Å². The number of anilines is 2. The van der Waals surface area contributed by atoms with Gasteiger partial charge in [0.15, 0.2) is 0 Å². The van der Waals surface area contributed by atoms with E-state index in [0.29, 0.717) is 18.2 Å². The Kier molecular flexibility index (Phi) is 3.35. The molecule has 1 aliphatic heterocycles. The van der Waals surface area contributed by atoms with Gasteiger partial charge in [0.1, 0.15) is 5.82 Å². The number of nitrogens with two attached hydrogens (primary N) is 1. The molecule has 1 unspecified atom stereocenters. The summed E-state index contributed by atoms with van der Waals surface area (Å²) in [5, 5.41) is 0. The van der Waals surface area contributed by atoms with Crippen LogP contribution in [-0.4, -0.2) is 6.54 Å². The first-order valence-corrected chi connectivity index (χ1v) is 7.00. The molecule has 104 valence electrons. The molecule has 2 nitrogen and oxygen atoms in total. The molecule has 0 spiro atoms. The second kappa shape index (κ2) is 5.16. The van der Waals surface area contributed by atoms with E-state index in [9.17, 15) is 4.39 Å². The van der Waals surface area contributed by atoms with Gasteiger partial charge in [0.05, 0.1) is 0 Å². The van der Waals surface area contributed by atoms with Crippen molar-refractivity contribution in [2.75, 3.05) is 17.2 Å². The van der Waals surface area contributed by atoms with Crippen LogP contribution in [0, 0.1) is 11.7 Å². The van der Waals surface area contributed by atoms with E-state index in [2.05, 4.69) is 36.1 Å². The minimum Gasteiger partial charge on any atom is -0.398 e. The molecule has 0 aliphatic carbocycles. The number of nitrogen functional groups attached to an aromatic ring is 1. The molecule has 0 radical (unpaired) electrons. The normalized spacial score (nSPS) is 17.9. The number of halogens is 1. The van der Waals surface area contributed by atoms with E-state index in [0.717, 1.165) is 18.5 Å². The van der Waals surface area contributed by atoms with Crippen LogP contribution in [-0.2, 0) is 13.0 Å². The van der Waals surface area contributed by atoms with E-state index >= 15 is 0 Å². The number of fused-ring (bicyclic) bond motifs is 1. The Bertz CT molecular complexity index is 624. The fourth-order valence-corrected chi connectivity index (χ4v) is 2.97. The third-order valence-corrected chi connectivity index (χ3v) is 3.90. The highest BCUT2D eigenvalue weighted by atomic mass is 19.1. The van der Waals surface area contributed by atoms with Gasteiger partial charge >= 0.3 is 0 Å². The summed E-state index contributed by atoms with van der Waals surface area (Å²) in [6.07, 6.45) is 1.10. The van der Waals surface area contributed by atoms with E-state index in [1.807, 2.05) is 0 Å². The summed E-state index contributed by atoms with van der Waals surface area (Å²) < 4.78 is 13.4. The van der Waals surface area contributed by atoms with E-state index in [4.69, 9.17) is 5.73 Å². The lowest BCUT2D eigenvalue weighted by Gasteiger charge is -2.35. The standard InChI is InChI=1S/C17H19FN2/c1-12-8-13-4-2-3-5-17(13)20(10-12)11-14-9-15(18)6-7-16(14)19/h2-7,9,12H,8,10-11,19H2,1H3. The van der Waals surface area contributed by atoms with Gasteiger partial charge < -0.3 is 10.6 Å². The highest BCUT2D eigenvalue weighted by molar-refractivity contribution is 5.58. The van der Waals surface area contributed by atoms with Gasteiger partial charge in [-0.3, -0.25) is 0 Å². The Morgan fingerprint density at radius 3 is 2.90 bits per heavy atom. The first-order valence-electron chi connectivity index (χ1n) is 7.00. The second-order valence-electron chi connectivity index (χ2n) is 5.66. The number of hydrogen-bond donors (Lipinski definition) is 1. The summed E-state index contributed by atoms with van der Waals surface area (Å²) in [5.41, 5.74) is 10.1. The van der Waals surface area contributed by atoms with Crippen LogP contribution in [0.2, 0.25) is 0 Å². The maximum atomic E-state index is 13.4. The molecule has 0 aromatic heterocycles. The van der Waals surface area contributed by atoms with Crippen LogP contribution in [0.5, 0.6) is 0 Å². The maximum absolute atomic E-state index is 13.4. The zero-order chi connectivity index (χ0) is 14.1. The largest absolute Gasteiger partial charge is 0.398 e. The molecule has 0 bridgehead atoms. The monoisotopic (exact) mass is 270 g/mol. The fourth-order valence-electron chi connectivity index (χ4n) is 2.97. The smallest absolute Gasteiger partial charge is 0.123 e. The predicted octanol–water partition coefficient (Wildman–Crippen LogP) is 3.61. The van der Waals surface area contributed by atoms with Crippen LogP contribution < -0.4 is 10.6 Å². The minimum atomic E-state index is -0.229. The molecule has 0 saturated carbocycles. The van der Waals surface area contributed by atoms with Gasteiger partial charge in [0.25, 0.3) is 0 Å². The molecular weight excluding hydrogens is 251 g/mol. The van der Waals surface area contributed by atoms with Crippen molar-refractivity contribution in [3.05, 3.63) is 59.4 Å². The van der Waals surface area contributed by atoms with Crippen LogP contribution in [0.4, 0.5) is 15.8 Å². The number of benzene rings is 2. The van der Waals surface area contributed by atoms with Gasteiger partial charge in [-0.1, -0.05) is 25.1 Å². The third kappa shape index (κ3) is 2.48. The van der Waals surface area contributed by atoms with Crippen LogP contribution in [0.1, 0.15) is 18.1 Å². The molecule has 20 heavy (non-hydrogen) atoms. The highest BCUT2D eigenvalue weighted by Gasteiger charge is 2.21. The van der Waals surface area contributed by atoms with E-state index in [-0.39, 0.29) is 5.82 Å². The molecule has 1 atom stereocenters.